The van der Waals surface area contributed by atoms with Gasteiger partial charge in [-0.1, -0.05) is 6.08 Å². The molecule has 0 unspecified atom stereocenters. The van der Waals surface area contributed by atoms with Crippen LogP contribution in [0.4, 0.5) is 4.39 Å². The fraction of sp³-hybridized carbons (Fsp3) is 0.308. The van der Waals surface area contributed by atoms with Crippen LogP contribution in [0.3, 0.4) is 0 Å². The largest absolute Gasteiger partial charge is 0.333 e. The number of carbonyl (C=O) groups is 1. The van der Waals surface area contributed by atoms with E-state index in [4.69, 9.17) is 10.7 Å². The van der Waals surface area contributed by atoms with E-state index in [0.717, 1.165) is 18.2 Å². The molecule has 0 spiro atoms. The van der Waals surface area contributed by atoms with E-state index < -0.39 is 25.7 Å². The SMILES string of the molecule is C=CCN(C(=O)c1cc(F)cc(S(=O)(=O)Cl)c1)C(C)C. The van der Waals surface area contributed by atoms with E-state index in [-0.39, 0.29) is 18.2 Å². The summed E-state index contributed by atoms with van der Waals surface area (Å²) < 4.78 is 35.9. The Bertz CT molecular complexity index is 629. The summed E-state index contributed by atoms with van der Waals surface area (Å²) >= 11 is 0. The molecule has 1 amide bonds. The van der Waals surface area contributed by atoms with Crippen molar-refractivity contribution in [3.8, 4) is 0 Å². The second-order valence-electron chi connectivity index (χ2n) is 4.45. The number of amides is 1. The normalized spacial score (nSPS) is 11.4. The molecular weight excluding hydrogens is 305 g/mol. The molecule has 1 aromatic carbocycles. The van der Waals surface area contributed by atoms with Gasteiger partial charge >= 0.3 is 0 Å². The van der Waals surface area contributed by atoms with Crippen LogP contribution in [-0.2, 0) is 9.05 Å². The van der Waals surface area contributed by atoms with Gasteiger partial charge in [0, 0.05) is 28.8 Å². The van der Waals surface area contributed by atoms with Crippen molar-refractivity contribution in [1.82, 2.24) is 4.90 Å². The Morgan fingerprint density at radius 2 is 2.05 bits per heavy atom. The van der Waals surface area contributed by atoms with Crippen LogP contribution in [0.1, 0.15) is 24.2 Å². The van der Waals surface area contributed by atoms with E-state index in [0.29, 0.717) is 0 Å². The molecule has 4 nitrogen and oxygen atoms in total. The molecule has 0 heterocycles. The third kappa shape index (κ3) is 4.05. The smallest absolute Gasteiger partial charge is 0.261 e. The summed E-state index contributed by atoms with van der Waals surface area (Å²) in [4.78, 5) is 13.3. The van der Waals surface area contributed by atoms with Crippen LogP contribution < -0.4 is 0 Å². The molecule has 1 aromatic rings. The van der Waals surface area contributed by atoms with Crippen molar-refractivity contribution in [2.45, 2.75) is 24.8 Å². The van der Waals surface area contributed by atoms with Crippen LogP contribution in [-0.4, -0.2) is 31.8 Å². The van der Waals surface area contributed by atoms with Crippen molar-refractivity contribution in [2.75, 3.05) is 6.54 Å². The van der Waals surface area contributed by atoms with E-state index in [2.05, 4.69) is 6.58 Å². The predicted octanol–water partition coefficient (Wildman–Crippen LogP) is 2.79. The van der Waals surface area contributed by atoms with Crippen LogP contribution in [0.2, 0.25) is 0 Å². The Kier molecular flexibility index (Phi) is 5.30. The quantitative estimate of drug-likeness (QED) is 0.619. The molecule has 1 rings (SSSR count). The van der Waals surface area contributed by atoms with Crippen LogP contribution in [0.15, 0.2) is 35.7 Å². The summed E-state index contributed by atoms with van der Waals surface area (Å²) in [6.45, 7) is 7.41. The Balaban J connectivity index is 3.28. The van der Waals surface area contributed by atoms with Crippen LogP contribution in [0.5, 0.6) is 0 Å². The standard InChI is InChI=1S/C13H15ClFNO3S/c1-4-5-16(9(2)3)13(17)10-6-11(15)8-12(7-10)20(14,18)19/h4,6-9H,1,5H2,2-3H3. The van der Waals surface area contributed by atoms with Gasteiger partial charge in [-0.3, -0.25) is 4.79 Å². The van der Waals surface area contributed by atoms with Crippen molar-refractivity contribution >= 4 is 25.6 Å². The number of hydrogen-bond acceptors (Lipinski definition) is 3. The second kappa shape index (κ2) is 6.37. The molecule has 0 aliphatic heterocycles. The zero-order chi connectivity index (χ0) is 15.5. The third-order valence-electron chi connectivity index (χ3n) is 2.61. The van der Waals surface area contributed by atoms with Crippen molar-refractivity contribution in [3.63, 3.8) is 0 Å². The molecule has 0 N–H and O–H groups in total. The van der Waals surface area contributed by atoms with Crippen LogP contribution in [0.25, 0.3) is 0 Å². The first-order valence-corrected chi connectivity index (χ1v) is 8.15. The summed E-state index contributed by atoms with van der Waals surface area (Å²) in [5, 5.41) is 0. The molecule has 0 radical (unpaired) electrons. The molecular formula is C13H15ClFNO3S. The number of carbonyl (C=O) groups excluding carboxylic acids is 1. The maximum Gasteiger partial charge on any atom is 0.261 e. The summed E-state index contributed by atoms with van der Waals surface area (Å²) in [5.41, 5.74) is -0.0697. The van der Waals surface area contributed by atoms with E-state index >= 15 is 0 Å². The predicted molar refractivity (Wildman–Crippen MR) is 75.8 cm³/mol. The first-order chi connectivity index (χ1) is 9.16. The molecule has 0 aliphatic carbocycles. The second-order valence-corrected chi connectivity index (χ2v) is 7.02. The first-order valence-electron chi connectivity index (χ1n) is 5.84. The van der Waals surface area contributed by atoms with Gasteiger partial charge in [0.05, 0.1) is 4.90 Å². The van der Waals surface area contributed by atoms with E-state index in [1.807, 2.05) is 0 Å². The monoisotopic (exact) mass is 319 g/mol. The van der Waals surface area contributed by atoms with E-state index in [1.54, 1.807) is 13.8 Å². The molecule has 0 fully saturated rings. The number of benzene rings is 1. The maximum absolute atomic E-state index is 13.5. The molecule has 0 saturated heterocycles. The Labute approximate surface area is 122 Å². The molecule has 20 heavy (non-hydrogen) atoms. The lowest BCUT2D eigenvalue weighted by Crippen LogP contribution is -2.37. The van der Waals surface area contributed by atoms with Gasteiger partial charge in [0.2, 0.25) is 0 Å². The van der Waals surface area contributed by atoms with E-state index in [1.165, 1.54) is 11.0 Å². The van der Waals surface area contributed by atoms with Gasteiger partial charge in [-0.15, -0.1) is 6.58 Å². The molecule has 7 heteroatoms. The van der Waals surface area contributed by atoms with Gasteiger partial charge in [-0.05, 0) is 32.0 Å². The van der Waals surface area contributed by atoms with Gasteiger partial charge in [-0.2, -0.15) is 0 Å². The van der Waals surface area contributed by atoms with Crippen molar-refractivity contribution < 1.29 is 17.6 Å². The lowest BCUT2D eigenvalue weighted by Gasteiger charge is -2.25. The van der Waals surface area contributed by atoms with Gasteiger partial charge in [0.25, 0.3) is 15.0 Å². The lowest BCUT2D eigenvalue weighted by atomic mass is 10.1. The van der Waals surface area contributed by atoms with Gasteiger partial charge in [0.1, 0.15) is 5.82 Å². The fourth-order valence-corrected chi connectivity index (χ4v) is 2.45. The molecule has 0 atom stereocenters. The topological polar surface area (TPSA) is 54.5 Å². The van der Waals surface area contributed by atoms with Crippen LogP contribution in [0, 0.1) is 5.82 Å². The van der Waals surface area contributed by atoms with Gasteiger partial charge < -0.3 is 4.90 Å². The number of nitrogens with zero attached hydrogens (tertiary/aromatic N) is 1. The Morgan fingerprint density at radius 3 is 2.50 bits per heavy atom. The zero-order valence-electron chi connectivity index (χ0n) is 11.1. The van der Waals surface area contributed by atoms with Crippen molar-refractivity contribution in [2.24, 2.45) is 0 Å². The highest BCUT2D eigenvalue weighted by Gasteiger charge is 2.21. The average Bonchev–Trinajstić information content (AvgIpc) is 2.33. The highest BCUT2D eigenvalue weighted by Crippen LogP contribution is 2.20. The lowest BCUT2D eigenvalue weighted by molar-refractivity contribution is 0.0728. The van der Waals surface area contributed by atoms with E-state index in [9.17, 15) is 17.6 Å². The molecule has 0 aliphatic rings. The molecule has 0 bridgehead atoms. The molecule has 0 aromatic heterocycles. The summed E-state index contributed by atoms with van der Waals surface area (Å²) in [7, 11) is 1.08. The summed E-state index contributed by atoms with van der Waals surface area (Å²) in [5.74, 6) is -1.32. The number of hydrogen-bond donors (Lipinski definition) is 0. The summed E-state index contributed by atoms with van der Waals surface area (Å²) in [6, 6.07) is 2.67. The fourth-order valence-electron chi connectivity index (χ4n) is 1.66. The zero-order valence-corrected chi connectivity index (χ0v) is 12.7. The third-order valence-corrected chi connectivity index (χ3v) is 3.94. The summed E-state index contributed by atoms with van der Waals surface area (Å²) in [6.07, 6.45) is 1.54. The molecule has 0 saturated carbocycles. The van der Waals surface area contributed by atoms with Gasteiger partial charge in [-0.25, -0.2) is 12.8 Å². The van der Waals surface area contributed by atoms with Crippen LogP contribution >= 0.6 is 10.7 Å². The van der Waals surface area contributed by atoms with Crippen molar-refractivity contribution in [3.05, 3.63) is 42.2 Å². The Hall–Kier alpha value is -1.40. The van der Waals surface area contributed by atoms with Gasteiger partial charge in [0.15, 0.2) is 0 Å². The average molecular weight is 320 g/mol. The maximum atomic E-state index is 13.5. The highest BCUT2D eigenvalue weighted by atomic mass is 35.7. The highest BCUT2D eigenvalue weighted by molar-refractivity contribution is 8.13. The van der Waals surface area contributed by atoms with Crippen molar-refractivity contribution in [1.29, 1.82) is 0 Å². The minimum absolute atomic E-state index is 0.0697. The minimum atomic E-state index is -4.10. The first kappa shape index (κ1) is 16.7. The number of halogens is 2. The molecule has 110 valence electrons. The Morgan fingerprint density at radius 1 is 1.45 bits per heavy atom. The number of rotatable bonds is 5. The minimum Gasteiger partial charge on any atom is -0.333 e.